The Labute approximate surface area is 221 Å². The summed E-state index contributed by atoms with van der Waals surface area (Å²) in [7, 11) is -3.81. The van der Waals surface area contributed by atoms with E-state index in [9.17, 15) is 17.6 Å². The van der Waals surface area contributed by atoms with Gasteiger partial charge in [-0.1, -0.05) is 42.5 Å². The van der Waals surface area contributed by atoms with Crippen LogP contribution in [0.15, 0.2) is 66.7 Å². The van der Waals surface area contributed by atoms with E-state index >= 15 is 0 Å². The van der Waals surface area contributed by atoms with E-state index in [-0.39, 0.29) is 23.4 Å². The third-order valence-electron chi connectivity index (χ3n) is 6.94. The summed E-state index contributed by atoms with van der Waals surface area (Å²) in [5, 5.41) is 9.16. The first-order valence-corrected chi connectivity index (χ1v) is 14.4. The number of benzene rings is 3. The highest BCUT2D eigenvalue weighted by atomic mass is 32.2. The lowest BCUT2D eigenvalue weighted by Crippen LogP contribution is -2.51. The molecule has 1 aliphatic heterocycles. The van der Waals surface area contributed by atoms with E-state index in [1.165, 1.54) is 12.1 Å². The average Bonchev–Trinajstić information content (AvgIpc) is 3.70. The van der Waals surface area contributed by atoms with Crippen LogP contribution in [0.2, 0.25) is 0 Å². The molecule has 3 aromatic carbocycles. The van der Waals surface area contributed by atoms with Gasteiger partial charge >= 0.3 is 0 Å². The summed E-state index contributed by atoms with van der Waals surface area (Å²) in [4.78, 5) is 14.6. The smallest absolute Gasteiger partial charge is 0.267 e. The second-order valence-corrected chi connectivity index (χ2v) is 11.8. The first-order chi connectivity index (χ1) is 18.2. The molecule has 1 amide bonds. The minimum Gasteiger partial charge on any atom is -0.493 e. The van der Waals surface area contributed by atoms with Crippen molar-refractivity contribution in [1.29, 1.82) is 5.26 Å². The number of hydrogen-bond donors (Lipinski definition) is 1. The highest BCUT2D eigenvalue weighted by molar-refractivity contribution is 7.89. The van der Waals surface area contributed by atoms with Crippen LogP contribution in [0.3, 0.4) is 0 Å². The van der Waals surface area contributed by atoms with Gasteiger partial charge in [0.2, 0.25) is 10.0 Å². The number of hydrogen-bond acceptors (Lipinski definition) is 6. The number of rotatable bonds is 9. The predicted octanol–water partition coefficient (Wildman–Crippen LogP) is 4.36. The number of halogens is 1. The number of carbonyl (C=O) groups is 1. The minimum absolute atomic E-state index is 0.0484. The Kier molecular flexibility index (Phi) is 7.19. The molecule has 2 fully saturated rings. The predicted molar refractivity (Wildman–Crippen MR) is 141 cm³/mol. The van der Waals surface area contributed by atoms with Crippen molar-refractivity contribution in [2.24, 2.45) is 5.92 Å². The number of nitriles is 1. The lowest BCUT2D eigenvalue weighted by Gasteiger charge is -2.44. The number of likely N-dealkylation sites (tertiary alicyclic amines) is 1. The maximum atomic E-state index is 14.8. The molecule has 9 heteroatoms. The fourth-order valence-electron chi connectivity index (χ4n) is 4.93. The highest BCUT2D eigenvalue weighted by Gasteiger charge is 2.35. The molecule has 0 spiro atoms. The molecular formula is C29H28FN3O4S. The Morgan fingerprint density at radius 1 is 1.11 bits per heavy atom. The van der Waals surface area contributed by atoms with Crippen LogP contribution >= 0.6 is 0 Å². The summed E-state index contributed by atoms with van der Waals surface area (Å²) in [5.41, 5.74) is 3.33. The van der Waals surface area contributed by atoms with Crippen molar-refractivity contribution < 1.29 is 22.3 Å². The standard InChI is InChI=1S/C29H28FN3O4S/c1-38(35,36)32-29(34)25-13-24(21-11-12-21)27(14-26(25)30)37-18-20-16-33(17-20)28(22-5-3-2-4-6-22)23-9-7-19(15-31)8-10-23/h2-10,13-14,20-21,28H,11-12,16-18H2,1H3,(H,32,34)/t28-/m1/s1. The van der Waals surface area contributed by atoms with Gasteiger partial charge in [0, 0.05) is 25.1 Å². The third kappa shape index (κ3) is 5.87. The van der Waals surface area contributed by atoms with Crippen molar-refractivity contribution in [3.05, 3.63) is 100 Å². The topological polar surface area (TPSA) is 99.5 Å². The van der Waals surface area contributed by atoms with Crippen molar-refractivity contribution in [2.75, 3.05) is 26.0 Å². The highest BCUT2D eigenvalue weighted by Crippen LogP contribution is 2.45. The lowest BCUT2D eigenvalue weighted by molar-refractivity contribution is 0.0375. The quantitative estimate of drug-likeness (QED) is 0.439. The molecule has 0 radical (unpaired) electrons. The van der Waals surface area contributed by atoms with Crippen LogP contribution in [0.1, 0.15) is 57.4 Å². The monoisotopic (exact) mass is 533 g/mol. The molecule has 1 aliphatic carbocycles. The second kappa shape index (κ2) is 10.6. The molecule has 1 heterocycles. The number of nitrogens with one attached hydrogen (secondary N) is 1. The summed E-state index contributed by atoms with van der Waals surface area (Å²) < 4.78 is 45.6. The Bertz CT molecular complexity index is 1480. The molecule has 1 N–H and O–H groups in total. The van der Waals surface area contributed by atoms with Gasteiger partial charge in [-0.2, -0.15) is 5.26 Å². The van der Waals surface area contributed by atoms with Gasteiger partial charge in [-0.25, -0.2) is 17.5 Å². The van der Waals surface area contributed by atoms with Crippen LogP contribution in [0, 0.1) is 23.1 Å². The van der Waals surface area contributed by atoms with E-state index in [2.05, 4.69) is 23.1 Å². The number of ether oxygens (including phenoxy) is 1. The molecule has 0 aromatic heterocycles. The summed E-state index contributed by atoms with van der Waals surface area (Å²) in [6, 6.07) is 22.7. The Morgan fingerprint density at radius 3 is 2.37 bits per heavy atom. The Balaban J connectivity index is 1.28. The lowest BCUT2D eigenvalue weighted by atomic mass is 9.90. The first kappa shape index (κ1) is 25.9. The first-order valence-electron chi connectivity index (χ1n) is 12.5. The number of carbonyl (C=O) groups excluding carboxylic acids is 1. The molecule has 5 rings (SSSR count). The molecule has 38 heavy (non-hydrogen) atoms. The zero-order valence-electron chi connectivity index (χ0n) is 20.9. The fraction of sp³-hybridized carbons (Fsp3) is 0.310. The molecule has 0 bridgehead atoms. The van der Waals surface area contributed by atoms with E-state index < -0.39 is 21.7 Å². The molecule has 1 saturated heterocycles. The average molecular weight is 534 g/mol. The number of nitrogens with zero attached hydrogens (tertiary/aromatic N) is 2. The van der Waals surface area contributed by atoms with Crippen molar-refractivity contribution in [3.63, 3.8) is 0 Å². The maximum Gasteiger partial charge on any atom is 0.267 e. The van der Waals surface area contributed by atoms with Crippen LogP contribution in [0.25, 0.3) is 0 Å². The van der Waals surface area contributed by atoms with Crippen molar-refractivity contribution in [2.45, 2.75) is 24.8 Å². The van der Waals surface area contributed by atoms with Gasteiger partial charge in [0.1, 0.15) is 11.6 Å². The summed E-state index contributed by atoms with van der Waals surface area (Å²) in [6.07, 6.45) is 2.68. The van der Waals surface area contributed by atoms with Gasteiger partial charge in [0.15, 0.2) is 0 Å². The molecule has 1 atom stereocenters. The van der Waals surface area contributed by atoms with Crippen molar-refractivity contribution in [1.82, 2.24) is 9.62 Å². The van der Waals surface area contributed by atoms with E-state index in [0.29, 0.717) is 17.9 Å². The molecule has 2 aliphatic rings. The van der Waals surface area contributed by atoms with Crippen LogP contribution < -0.4 is 9.46 Å². The molecule has 196 valence electrons. The Hall–Kier alpha value is -3.74. The molecular weight excluding hydrogens is 505 g/mol. The van der Waals surface area contributed by atoms with Gasteiger partial charge in [-0.15, -0.1) is 0 Å². The molecule has 0 unspecified atom stereocenters. The van der Waals surface area contributed by atoms with E-state index in [1.54, 1.807) is 0 Å². The number of sulfonamides is 1. The van der Waals surface area contributed by atoms with Crippen LogP contribution in [-0.2, 0) is 10.0 Å². The molecule has 7 nitrogen and oxygen atoms in total. The van der Waals surface area contributed by atoms with Gasteiger partial charge in [0.25, 0.3) is 5.91 Å². The summed E-state index contributed by atoms with van der Waals surface area (Å²) in [6.45, 7) is 1.98. The zero-order valence-corrected chi connectivity index (χ0v) is 21.7. The van der Waals surface area contributed by atoms with Crippen molar-refractivity contribution >= 4 is 15.9 Å². The third-order valence-corrected chi connectivity index (χ3v) is 7.49. The van der Waals surface area contributed by atoms with Crippen LogP contribution in [-0.4, -0.2) is 45.2 Å². The fourth-order valence-corrected chi connectivity index (χ4v) is 5.38. The zero-order chi connectivity index (χ0) is 26.9. The van der Waals surface area contributed by atoms with Crippen LogP contribution in [0.5, 0.6) is 5.75 Å². The molecule has 3 aromatic rings. The van der Waals surface area contributed by atoms with Gasteiger partial charge in [-0.3, -0.25) is 9.69 Å². The van der Waals surface area contributed by atoms with E-state index in [4.69, 9.17) is 10.00 Å². The largest absolute Gasteiger partial charge is 0.493 e. The minimum atomic E-state index is -3.81. The van der Waals surface area contributed by atoms with Crippen molar-refractivity contribution in [3.8, 4) is 11.8 Å². The van der Waals surface area contributed by atoms with E-state index in [0.717, 1.165) is 48.9 Å². The van der Waals surface area contributed by atoms with E-state index in [1.807, 2.05) is 47.2 Å². The Morgan fingerprint density at radius 2 is 1.76 bits per heavy atom. The normalized spacial score (nSPS) is 16.8. The molecule has 1 saturated carbocycles. The van der Waals surface area contributed by atoms with Crippen LogP contribution in [0.4, 0.5) is 4.39 Å². The maximum absolute atomic E-state index is 14.8. The number of amides is 1. The second-order valence-electron chi connectivity index (χ2n) is 10.0. The van der Waals surface area contributed by atoms with Gasteiger partial charge in [-0.05, 0) is 53.6 Å². The summed E-state index contributed by atoms with van der Waals surface area (Å²) >= 11 is 0. The SMILES string of the molecule is CS(=O)(=O)NC(=O)c1cc(C2CC2)c(OCC2CN([C@H](c3ccccc3)c3ccc(C#N)cc3)C2)cc1F. The van der Waals surface area contributed by atoms with Gasteiger partial charge < -0.3 is 4.74 Å². The van der Waals surface area contributed by atoms with Gasteiger partial charge in [0.05, 0.1) is 36.1 Å². The summed E-state index contributed by atoms with van der Waals surface area (Å²) in [5.74, 6) is -0.977.